The Hall–Kier alpha value is -3.49. The molecule has 2 aromatic heterocycles. The number of amides is 1. The Labute approximate surface area is 164 Å². The number of hydrogen-bond acceptors (Lipinski definition) is 8. The molecule has 1 aromatic carbocycles. The summed E-state index contributed by atoms with van der Waals surface area (Å²) in [6.45, 7) is 1.91. The van der Waals surface area contributed by atoms with Gasteiger partial charge >= 0.3 is 0 Å². The van der Waals surface area contributed by atoms with Gasteiger partial charge in [0.05, 0.1) is 28.7 Å². The maximum Gasteiger partial charge on any atom is 0.289 e. The van der Waals surface area contributed by atoms with E-state index < -0.39 is 0 Å². The number of furan rings is 1. The van der Waals surface area contributed by atoms with Gasteiger partial charge in [0.25, 0.3) is 5.91 Å². The molecule has 9 nitrogen and oxygen atoms in total. The zero-order valence-corrected chi connectivity index (χ0v) is 15.6. The molecule has 1 aliphatic rings. The molecule has 3 aromatic rings. The lowest BCUT2D eigenvalue weighted by molar-refractivity contribution is 0.0714. The molecule has 1 saturated heterocycles. The maximum atomic E-state index is 12.4. The molecule has 4 rings (SSSR count). The van der Waals surface area contributed by atoms with E-state index >= 15 is 0 Å². The van der Waals surface area contributed by atoms with Gasteiger partial charge in [-0.2, -0.15) is 4.98 Å². The minimum Gasteiger partial charge on any atom is -0.493 e. The average molecular weight is 385 g/mol. The molecular weight excluding hydrogens is 362 g/mol. The summed E-state index contributed by atoms with van der Waals surface area (Å²) in [5.74, 6) is 0.796. The predicted octanol–water partition coefficient (Wildman–Crippen LogP) is 1.78. The minimum atomic E-state index is -0.164. The van der Waals surface area contributed by atoms with Crippen molar-refractivity contribution in [3.05, 3.63) is 36.2 Å². The molecule has 0 atom stereocenters. The Morgan fingerprint density at radius 1 is 1.18 bits per heavy atom. The number of fused-ring (bicyclic) bond motifs is 1. The van der Waals surface area contributed by atoms with Gasteiger partial charge in [-0.25, -0.2) is 4.98 Å². The van der Waals surface area contributed by atoms with Crippen molar-refractivity contribution in [1.82, 2.24) is 14.9 Å². The molecule has 0 radical (unpaired) electrons. The van der Waals surface area contributed by atoms with Crippen molar-refractivity contribution in [2.75, 3.05) is 51.0 Å². The van der Waals surface area contributed by atoms with Gasteiger partial charge < -0.3 is 29.4 Å². The summed E-state index contributed by atoms with van der Waals surface area (Å²) < 4.78 is 32.5. The number of ether oxygens (including phenoxy) is 2. The van der Waals surface area contributed by atoms with Crippen LogP contribution in [-0.2, 0) is 0 Å². The highest BCUT2D eigenvalue weighted by atomic mass is 16.5. The molecule has 0 spiro atoms. The van der Waals surface area contributed by atoms with Crippen LogP contribution in [0.3, 0.4) is 0 Å². The summed E-state index contributed by atoms with van der Waals surface area (Å²) in [6, 6.07) is 3.26. The molecule has 28 heavy (non-hydrogen) atoms. The number of carbonyl (C=O) groups is 1. The van der Waals surface area contributed by atoms with Crippen LogP contribution in [0.5, 0.6) is 11.5 Å². The van der Waals surface area contributed by atoms with Crippen molar-refractivity contribution in [3.8, 4) is 11.5 Å². The van der Waals surface area contributed by atoms with E-state index in [1.807, 2.05) is 4.90 Å². The predicted molar refractivity (Wildman–Crippen MR) is 104 cm³/mol. The zero-order chi connectivity index (χ0) is 21.4. The van der Waals surface area contributed by atoms with E-state index in [2.05, 4.69) is 9.97 Å². The first-order valence-corrected chi connectivity index (χ1v) is 8.72. The van der Waals surface area contributed by atoms with Crippen molar-refractivity contribution in [2.24, 2.45) is 0 Å². The van der Waals surface area contributed by atoms with E-state index in [-0.39, 0.29) is 46.2 Å². The van der Waals surface area contributed by atoms with Gasteiger partial charge in [-0.1, -0.05) is 0 Å². The zero-order valence-electron chi connectivity index (χ0n) is 17.6. The highest BCUT2D eigenvalue weighted by Gasteiger charge is 2.25. The maximum absolute atomic E-state index is 12.4. The number of nitrogens with two attached hydrogens (primary N) is 1. The third-order valence-electron chi connectivity index (χ3n) is 4.59. The summed E-state index contributed by atoms with van der Waals surface area (Å²) in [5, 5.41) is 0.244. The molecule has 9 heteroatoms. The van der Waals surface area contributed by atoms with Gasteiger partial charge in [-0.15, -0.1) is 0 Å². The van der Waals surface area contributed by atoms with Crippen LogP contribution in [0.25, 0.3) is 10.9 Å². The van der Waals surface area contributed by atoms with Crippen molar-refractivity contribution < 1.29 is 21.4 Å². The first-order valence-electron chi connectivity index (χ1n) is 9.72. The standard InChI is InChI=1S/C19H21N5O4/c1-26-15-10-12-13(11-16(15)27-2)21-19(22-17(12)20)24-7-5-23(6-8-24)18(25)14-4-3-9-28-14/h3-4,9-11H,5-8H2,1-2H3,(H2,20,21,22)/i10D,11D. The van der Waals surface area contributed by atoms with Crippen LogP contribution in [0.15, 0.2) is 34.9 Å². The summed E-state index contributed by atoms with van der Waals surface area (Å²) in [6.07, 6.45) is 1.47. The fourth-order valence-electron chi connectivity index (χ4n) is 3.11. The first-order chi connectivity index (χ1) is 14.5. The number of anilines is 2. The second kappa shape index (κ2) is 7.26. The lowest BCUT2D eigenvalue weighted by atomic mass is 10.2. The number of piperazine rings is 1. The number of aromatic nitrogens is 2. The third kappa shape index (κ3) is 3.15. The second-order valence-corrected chi connectivity index (χ2v) is 6.21. The average Bonchev–Trinajstić information content (AvgIpc) is 3.30. The summed E-state index contributed by atoms with van der Waals surface area (Å²) in [5.41, 5.74) is 6.35. The normalized spacial score (nSPS) is 15.4. The minimum absolute atomic E-state index is 0.0256. The molecular formula is C19H21N5O4. The van der Waals surface area contributed by atoms with Crippen LogP contribution in [0.2, 0.25) is 0 Å². The van der Waals surface area contributed by atoms with Crippen molar-refractivity contribution in [2.45, 2.75) is 0 Å². The molecule has 0 aliphatic carbocycles. The molecule has 1 amide bonds. The third-order valence-corrected chi connectivity index (χ3v) is 4.59. The fourth-order valence-corrected chi connectivity index (χ4v) is 3.11. The highest BCUT2D eigenvalue weighted by Crippen LogP contribution is 2.34. The molecule has 0 unspecified atom stereocenters. The lowest BCUT2D eigenvalue weighted by Crippen LogP contribution is -2.49. The Kier molecular flexibility index (Phi) is 4.03. The molecule has 146 valence electrons. The topological polar surface area (TPSA) is 107 Å². The van der Waals surface area contributed by atoms with Crippen LogP contribution in [-0.4, -0.2) is 61.2 Å². The molecule has 1 fully saturated rings. The van der Waals surface area contributed by atoms with Gasteiger partial charge in [-0.3, -0.25) is 4.79 Å². The molecule has 0 saturated carbocycles. The Morgan fingerprint density at radius 3 is 2.54 bits per heavy atom. The molecule has 0 bridgehead atoms. The highest BCUT2D eigenvalue weighted by molar-refractivity contribution is 5.92. The SMILES string of the molecule is [2H]c1c(OC)c(OC)c([2H])c2c(N)nc(N3CCN(C(=O)c4ccco4)CC3)nc12. The van der Waals surface area contributed by atoms with Gasteiger partial charge in [0.2, 0.25) is 5.95 Å². The van der Waals surface area contributed by atoms with Crippen molar-refractivity contribution >= 4 is 28.6 Å². The van der Waals surface area contributed by atoms with Gasteiger partial charge in [0.15, 0.2) is 17.3 Å². The van der Waals surface area contributed by atoms with Crippen LogP contribution in [0.1, 0.15) is 13.3 Å². The largest absolute Gasteiger partial charge is 0.493 e. The van der Waals surface area contributed by atoms with Gasteiger partial charge in [-0.05, 0) is 18.2 Å². The van der Waals surface area contributed by atoms with Gasteiger partial charge in [0, 0.05) is 37.6 Å². The second-order valence-electron chi connectivity index (χ2n) is 6.21. The molecule has 2 N–H and O–H groups in total. The lowest BCUT2D eigenvalue weighted by Gasteiger charge is -2.34. The van der Waals surface area contributed by atoms with E-state index in [1.165, 1.54) is 20.5 Å². The quantitative estimate of drug-likeness (QED) is 0.724. The monoisotopic (exact) mass is 385 g/mol. The Balaban J connectivity index is 1.64. The number of nitrogen functional groups attached to an aromatic ring is 1. The van der Waals surface area contributed by atoms with E-state index in [1.54, 1.807) is 17.0 Å². The van der Waals surface area contributed by atoms with Crippen molar-refractivity contribution in [3.63, 3.8) is 0 Å². The van der Waals surface area contributed by atoms with Crippen LogP contribution in [0, 0.1) is 0 Å². The van der Waals surface area contributed by atoms with Crippen LogP contribution < -0.4 is 20.1 Å². The summed E-state index contributed by atoms with van der Waals surface area (Å²) in [4.78, 5) is 24.9. The van der Waals surface area contributed by atoms with Crippen LogP contribution in [0.4, 0.5) is 11.8 Å². The number of hydrogen-bond donors (Lipinski definition) is 1. The number of benzene rings is 1. The smallest absolute Gasteiger partial charge is 0.289 e. The molecule has 1 aliphatic heterocycles. The summed E-state index contributed by atoms with van der Waals surface area (Å²) in [7, 11) is 2.80. The van der Waals surface area contributed by atoms with E-state index in [4.69, 9.17) is 22.4 Å². The van der Waals surface area contributed by atoms with Crippen LogP contribution >= 0.6 is 0 Å². The van der Waals surface area contributed by atoms with Crippen molar-refractivity contribution in [1.29, 1.82) is 0 Å². The number of methoxy groups -OCH3 is 2. The fraction of sp³-hybridized carbons (Fsp3) is 0.316. The Morgan fingerprint density at radius 2 is 1.89 bits per heavy atom. The van der Waals surface area contributed by atoms with E-state index in [9.17, 15) is 4.79 Å². The number of rotatable bonds is 4. The number of nitrogens with zero attached hydrogens (tertiary/aromatic N) is 4. The first kappa shape index (κ1) is 15.6. The molecule has 3 heterocycles. The number of carbonyl (C=O) groups excluding carboxylic acids is 1. The van der Waals surface area contributed by atoms with E-state index in [0.717, 1.165) is 0 Å². The van der Waals surface area contributed by atoms with E-state index in [0.29, 0.717) is 37.9 Å². The van der Waals surface area contributed by atoms with Gasteiger partial charge in [0.1, 0.15) is 5.82 Å². The summed E-state index contributed by atoms with van der Waals surface area (Å²) >= 11 is 0. The Bertz CT molecular complexity index is 1100.